The van der Waals surface area contributed by atoms with E-state index in [2.05, 4.69) is 36.2 Å². The third kappa shape index (κ3) is 2.23. The van der Waals surface area contributed by atoms with Crippen molar-refractivity contribution >= 4 is 11.6 Å². The number of nitrogens with zero attached hydrogens (tertiary/aromatic N) is 2. The smallest absolute Gasteiger partial charge is 0.246 e. The molecule has 4 heteroatoms. The predicted octanol–water partition coefficient (Wildman–Crippen LogP) is 1.26. The topological polar surface area (TPSA) is 35.6 Å². The molecule has 1 aromatic carbocycles. The molecule has 2 aliphatic heterocycles. The van der Waals surface area contributed by atoms with Crippen LogP contribution >= 0.6 is 0 Å². The molecule has 1 aromatic rings. The normalized spacial score (nSPS) is 20.0. The van der Waals surface area contributed by atoms with Gasteiger partial charge in [0.25, 0.3) is 0 Å². The van der Waals surface area contributed by atoms with Crippen LogP contribution in [-0.4, -0.2) is 49.1 Å². The van der Waals surface area contributed by atoms with Crippen LogP contribution in [0.3, 0.4) is 0 Å². The minimum absolute atomic E-state index is 0.226. The van der Waals surface area contributed by atoms with Crippen molar-refractivity contribution in [1.29, 1.82) is 0 Å². The van der Waals surface area contributed by atoms with Crippen molar-refractivity contribution in [2.45, 2.75) is 25.8 Å². The fraction of sp³-hybridized carbons (Fsp3) is 0.562. The second-order valence-electron chi connectivity index (χ2n) is 6.13. The molecule has 0 spiro atoms. The lowest BCUT2D eigenvalue weighted by molar-refractivity contribution is -0.129. The molecule has 1 fully saturated rings. The van der Waals surface area contributed by atoms with Crippen LogP contribution in [0.1, 0.15) is 19.4 Å². The van der Waals surface area contributed by atoms with Gasteiger partial charge in [0.1, 0.15) is 0 Å². The zero-order valence-electron chi connectivity index (χ0n) is 12.4. The van der Waals surface area contributed by atoms with E-state index in [1.807, 2.05) is 17.0 Å². The van der Waals surface area contributed by atoms with E-state index in [1.54, 1.807) is 0 Å². The Morgan fingerprint density at radius 1 is 1.15 bits per heavy atom. The number of amides is 1. The summed E-state index contributed by atoms with van der Waals surface area (Å²) in [5.41, 5.74) is 1.96. The number of rotatable bonds is 2. The van der Waals surface area contributed by atoms with Crippen molar-refractivity contribution in [3.05, 3.63) is 29.8 Å². The van der Waals surface area contributed by atoms with Crippen LogP contribution in [-0.2, 0) is 11.2 Å². The Morgan fingerprint density at radius 3 is 2.60 bits per heavy atom. The first kappa shape index (κ1) is 13.6. The molecule has 0 aromatic heterocycles. The summed E-state index contributed by atoms with van der Waals surface area (Å²) >= 11 is 0. The van der Waals surface area contributed by atoms with Crippen molar-refractivity contribution < 1.29 is 4.79 Å². The van der Waals surface area contributed by atoms with Gasteiger partial charge in [-0.2, -0.15) is 0 Å². The van der Waals surface area contributed by atoms with E-state index in [4.69, 9.17) is 0 Å². The Kier molecular flexibility index (Phi) is 3.52. The average molecular weight is 273 g/mol. The monoisotopic (exact) mass is 273 g/mol. The molecule has 1 saturated heterocycles. The molecular formula is C16H23N3O. The first-order valence-electron chi connectivity index (χ1n) is 7.46. The third-order valence-electron chi connectivity index (χ3n) is 4.56. The predicted molar refractivity (Wildman–Crippen MR) is 81.0 cm³/mol. The molecule has 20 heavy (non-hydrogen) atoms. The van der Waals surface area contributed by atoms with Gasteiger partial charge in [0, 0.05) is 38.4 Å². The molecule has 2 aliphatic rings. The average Bonchev–Trinajstić information content (AvgIpc) is 2.91. The van der Waals surface area contributed by atoms with Crippen LogP contribution in [0, 0.1) is 0 Å². The Labute approximate surface area is 120 Å². The Morgan fingerprint density at radius 2 is 1.85 bits per heavy atom. The minimum atomic E-state index is -0.431. The Bertz CT molecular complexity index is 506. The summed E-state index contributed by atoms with van der Waals surface area (Å²) in [6.45, 7) is 8.74. The zero-order chi connectivity index (χ0) is 14.2. The van der Waals surface area contributed by atoms with Gasteiger partial charge in [-0.25, -0.2) is 0 Å². The maximum atomic E-state index is 13.0. The molecule has 3 rings (SSSR count). The molecule has 0 aliphatic carbocycles. The van der Waals surface area contributed by atoms with Crippen molar-refractivity contribution in [2.24, 2.45) is 0 Å². The molecule has 0 bridgehead atoms. The minimum Gasteiger partial charge on any atom is -0.314 e. The van der Waals surface area contributed by atoms with Crippen molar-refractivity contribution in [1.82, 2.24) is 10.2 Å². The number of carbonyl (C=O) groups excluding carboxylic acids is 1. The van der Waals surface area contributed by atoms with Gasteiger partial charge < -0.3 is 10.2 Å². The molecule has 1 amide bonds. The van der Waals surface area contributed by atoms with E-state index in [0.717, 1.165) is 44.8 Å². The first-order valence-corrected chi connectivity index (χ1v) is 7.46. The van der Waals surface area contributed by atoms with Gasteiger partial charge >= 0.3 is 0 Å². The third-order valence-corrected chi connectivity index (χ3v) is 4.56. The van der Waals surface area contributed by atoms with E-state index in [0.29, 0.717) is 0 Å². The second kappa shape index (κ2) is 5.19. The number of anilines is 1. The molecule has 0 unspecified atom stereocenters. The highest BCUT2D eigenvalue weighted by molar-refractivity contribution is 6.01. The van der Waals surface area contributed by atoms with Crippen LogP contribution in [0.15, 0.2) is 24.3 Å². The van der Waals surface area contributed by atoms with Gasteiger partial charge in [0.05, 0.1) is 5.54 Å². The first-order chi connectivity index (χ1) is 9.60. The van der Waals surface area contributed by atoms with Gasteiger partial charge in [-0.1, -0.05) is 18.2 Å². The summed E-state index contributed by atoms with van der Waals surface area (Å²) in [5, 5.41) is 3.34. The largest absolute Gasteiger partial charge is 0.314 e. The van der Waals surface area contributed by atoms with Gasteiger partial charge in [0.2, 0.25) is 5.91 Å². The van der Waals surface area contributed by atoms with E-state index >= 15 is 0 Å². The summed E-state index contributed by atoms with van der Waals surface area (Å²) in [6, 6.07) is 8.25. The fourth-order valence-electron chi connectivity index (χ4n) is 3.24. The number of carbonyl (C=O) groups is 1. The van der Waals surface area contributed by atoms with E-state index in [1.165, 1.54) is 5.56 Å². The quantitative estimate of drug-likeness (QED) is 0.881. The molecule has 0 radical (unpaired) electrons. The highest BCUT2D eigenvalue weighted by Gasteiger charge is 2.40. The van der Waals surface area contributed by atoms with Crippen LogP contribution < -0.4 is 10.2 Å². The standard InChI is InChI=1S/C16H23N3O/c1-16(2,18-11-8-17-9-12-18)15(20)19-10-7-13-5-3-4-6-14(13)19/h3-6,17H,7-12H2,1-2H3. The molecule has 2 heterocycles. The Hall–Kier alpha value is -1.39. The highest BCUT2D eigenvalue weighted by atomic mass is 16.2. The van der Waals surface area contributed by atoms with Gasteiger partial charge in [-0.05, 0) is 31.9 Å². The summed E-state index contributed by atoms with van der Waals surface area (Å²) in [7, 11) is 0. The van der Waals surface area contributed by atoms with Crippen molar-refractivity contribution in [2.75, 3.05) is 37.6 Å². The number of hydrogen-bond acceptors (Lipinski definition) is 3. The maximum Gasteiger partial charge on any atom is 0.246 e. The number of nitrogens with one attached hydrogen (secondary N) is 1. The molecule has 4 nitrogen and oxygen atoms in total. The number of benzene rings is 1. The number of fused-ring (bicyclic) bond motifs is 1. The summed E-state index contributed by atoms with van der Waals surface area (Å²) in [4.78, 5) is 17.3. The molecule has 0 saturated carbocycles. The lowest BCUT2D eigenvalue weighted by Gasteiger charge is -2.41. The zero-order valence-corrected chi connectivity index (χ0v) is 12.4. The molecular weight excluding hydrogens is 250 g/mol. The van der Waals surface area contributed by atoms with Crippen molar-refractivity contribution in [3.8, 4) is 0 Å². The van der Waals surface area contributed by atoms with Gasteiger partial charge in [-0.15, -0.1) is 0 Å². The number of para-hydroxylation sites is 1. The molecule has 108 valence electrons. The van der Waals surface area contributed by atoms with Crippen molar-refractivity contribution in [3.63, 3.8) is 0 Å². The number of hydrogen-bond donors (Lipinski definition) is 1. The lowest BCUT2D eigenvalue weighted by Crippen LogP contribution is -2.60. The molecule has 1 N–H and O–H groups in total. The lowest BCUT2D eigenvalue weighted by atomic mass is 9.99. The number of piperazine rings is 1. The van der Waals surface area contributed by atoms with Crippen LogP contribution in [0.25, 0.3) is 0 Å². The van der Waals surface area contributed by atoms with E-state index in [9.17, 15) is 4.79 Å². The van der Waals surface area contributed by atoms with Crippen LogP contribution in [0.2, 0.25) is 0 Å². The van der Waals surface area contributed by atoms with Gasteiger partial charge in [-0.3, -0.25) is 9.69 Å². The SMILES string of the molecule is CC(C)(C(=O)N1CCc2ccccc21)N1CCNCC1. The van der Waals surface area contributed by atoms with Crippen LogP contribution in [0.4, 0.5) is 5.69 Å². The summed E-state index contributed by atoms with van der Waals surface area (Å²) in [6.07, 6.45) is 0.972. The highest BCUT2D eigenvalue weighted by Crippen LogP contribution is 2.31. The van der Waals surface area contributed by atoms with E-state index in [-0.39, 0.29) is 5.91 Å². The Balaban J connectivity index is 1.82. The summed E-state index contributed by atoms with van der Waals surface area (Å²) < 4.78 is 0. The fourth-order valence-corrected chi connectivity index (χ4v) is 3.24. The van der Waals surface area contributed by atoms with Crippen LogP contribution in [0.5, 0.6) is 0 Å². The maximum absolute atomic E-state index is 13.0. The summed E-state index contributed by atoms with van der Waals surface area (Å²) in [5.74, 6) is 0.226. The van der Waals surface area contributed by atoms with Gasteiger partial charge in [0.15, 0.2) is 0 Å². The molecule has 0 atom stereocenters. The van der Waals surface area contributed by atoms with E-state index < -0.39 is 5.54 Å². The second-order valence-corrected chi connectivity index (χ2v) is 6.13.